The van der Waals surface area contributed by atoms with Crippen LogP contribution in [0.4, 0.5) is 0 Å². The number of hydrogen-bond acceptors (Lipinski definition) is 4. The molecule has 17 heavy (non-hydrogen) atoms. The first-order chi connectivity index (χ1) is 8.19. The molecule has 0 aliphatic rings. The molecule has 1 heterocycles. The topological polar surface area (TPSA) is 68.5 Å². The lowest BCUT2D eigenvalue weighted by Gasteiger charge is -2.24. The fourth-order valence-corrected chi connectivity index (χ4v) is 1.54. The number of carbonyl (C=O) groups is 1. The Bertz CT molecular complexity index is 343. The summed E-state index contributed by atoms with van der Waals surface area (Å²) in [6, 6.07) is 3.18. The molecule has 94 valence electrons. The molecular weight excluding hydrogens is 218 g/mol. The van der Waals surface area contributed by atoms with Gasteiger partial charge < -0.3 is 15.4 Å². The summed E-state index contributed by atoms with van der Waals surface area (Å²) >= 11 is 0. The number of amides is 1. The molecule has 0 spiro atoms. The van der Waals surface area contributed by atoms with Crippen LogP contribution in [0.3, 0.4) is 0 Å². The molecule has 0 saturated carbocycles. The maximum Gasteiger partial charge on any atom is 0.242 e. The fraction of sp³-hybridized carbons (Fsp3) is 0.500. The molecule has 1 atom stereocenters. The number of pyridine rings is 1. The zero-order valence-corrected chi connectivity index (χ0v) is 10.3. The van der Waals surface area contributed by atoms with E-state index >= 15 is 0 Å². The number of hydrogen-bond donors (Lipinski definition) is 1. The second kappa shape index (κ2) is 6.98. The molecule has 0 fully saturated rings. The summed E-state index contributed by atoms with van der Waals surface area (Å²) in [5.74, 6) is -0.0915. The van der Waals surface area contributed by atoms with Crippen LogP contribution in [-0.4, -0.2) is 42.1 Å². The SMILES string of the molecule is CCN(Cc1ccncc1)C(=O)C(N)COC. The van der Waals surface area contributed by atoms with E-state index in [2.05, 4.69) is 4.98 Å². The monoisotopic (exact) mass is 237 g/mol. The molecule has 0 aromatic carbocycles. The zero-order valence-electron chi connectivity index (χ0n) is 10.3. The average molecular weight is 237 g/mol. The van der Waals surface area contributed by atoms with Gasteiger partial charge in [0.05, 0.1) is 6.61 Å². The van der Waals surface area contributed by atoms with Crippen LogP contribution in [0.15, 0.2) is 24.5 Å². The van der Waals surface area contributed by atoms with E-state index in [1.165, 1.54) is 7.11 Å². The highest BCUT2D eigenvalue weighted by atomic mass is 16.5. The van der Waals surface area contributed by atoms with Gasteiger partial charge in [-0.25, -0.2) is 0 Å². The summed E-state index contributed by atoms with van der Waals surface area (Å²) in [5.41, 5.74) is 6.77. The molecule has 1 rings (SSSR count). The number of likely N-dealkylation sites (N-methyl/N-ethyl adjacent to an activating group) is 1. The van der Waals surface area contributed by atoms with Crippen molar-refractivity contribution in [2.75, 3.05) is 20.3 Å². The summed E-state index contributed by atoms with van der Waals surface area (Å²) in [6.45, 7) is 3.35. The van der Waals surface area contributed by atoms with Crippen LogP contribution in [-0.2, 0) is 16.1 Å². The number of methoxy groups -OCH3 is 1. The van der Waals surface area contributed by atoms with Gasteiger partial charge in [0.2, 0.25) is 5.91 Å². The molecule has 0 bridgehead atoms. The predicted octanol–water partition coefficient (Wildman–Crippen LogP) is 0.404. The van der Waals surface area contributed by atoms with Gasteiger partial charge in [-0.1, -0.05) is 0 Å². The normalized spacial score (nSPS) is 12.2. The first-order valence-corrected chi connectivity index (χ1v) is 5.61. The van der Waals surface area contributed by atoms with Crippen LogP contribution in [0.5, 0.6) is 0 Å². The summed E-state index contributed by atoms with van der Waals surface area (Å²) in [6.07, 6.45) is 3.42. The maximum absolute atomic E-state index is 12.0. The van der Waals surface area contributed by atoms with Crippen LogP contribution in [0.25, 0.3) is 0 Å². The minimum absolute atomic E-state index is 0.0915. The highest BCUT2D eigenvalue weighted by Crippen LogP contribution is 2.04. The van der Waals surface area contributed by atoms with Gasteiger partial charge in [0, 0.05) is 32.6 Å². The molecule has 5 heteroatoms. The fourth-order valence-electron chi connectivity index (χ4n) is 1.54. The number of nitrogens with zero attached hydrogens (tertiary/aromatic N) is 2. The van der Waals surface area contributed by atoms with Gasteiger partial charge in [0.15, 0.2) is 0 Å². The van der Waals surface area contributed by atoms with Crippen molar-refractivity contribution in [3.8, 4) is 0 Å². The Morgan fingerprint density at radius 1 is 1.53 bits per heavy atom. The molecule has 2 N–H and O–H groups in total. The van der Waals surface area contributed by atoms with E-state index in [9.17, 15) is 4.79 Å². The van der Waals surface area contributed by atoms with Gasteiger partial charge in [-0.2, -0.15) is 0 Å². The van der Waals surface area contributed by atoms with Crippen molar-refractivity contribution in [1.82, 2.24) is 9.88 Å². The lowest BCUT2D eigenvalue weighted by Crippen LogP contribution is -2.45. The molecule has 1 aromatic rings. The highest BCUT2D eigenvalue weighted by Gasteiger charge is 2.19. The summed E-state index contributed by atoms with van der Waals surface area (Å²) in [5, 5.41) is 0. The molecule has 0 aliphatic carbocycles. The van der Waals surface area contributed by atoms with E-state index in [0.717, 1.165) is 5.56 Å². The molecule has 0 radical (unpaired) electrons. The van der Waals surface area contributed by atoms with Gasteiger partial charge in [-0.05, 0) is 24.6 Å². The quantitative estimate of drug-likeness (QED) is 0.777. The van der Waals surface area contributed by atoms with E-state index in [1.54, 1.807) is 17.3 Å². The smallest absolute Gasteiger partial charge is 0.242 e. The Balaban J connectivity index is 2.62. The summed E-state index contributed by atoms with van der Waals surface area (Å²) in [4.78, 5) is 17.6. The Morgan fingerprint density at radius 2 is 2.18 bits per heavy atom. The number of carbonyl (C=O) groups excluding carboxylic acids is 1. The predicted molar refractivity (Wildman–Crippen MR) is 65.2 cm³/mol. The van der Waals surface area contributed by atoms with Crippen LogP contribution in [0.1, 0.15) is 12.5 Å². The first kappa shape index (κ1) is 13.6. The Kier molecular flexibility index (Phi) is 5.59. The van der Waals surface area contributed by atoms with Crippen molar-refractivity contribution in [1.29, 1.82) is 0 Å². The van der Waals surface area contributed by atoms with Crippen molar-refractivity contribution < 1.29 is 9.53 Å². The number of rotatable bonds is 6. The third kappa shape index (κ3) is 4.13. The highest BCUT2D eigenvalue weighted by molar-refractivity contribution is 5.81. The summed E-state index contributed by atoms with van der Waals surface area (Å²) in [7, 11) is 1.53. The van der Waals surface area contributed by atoms with Crippen LogP contribution < -0.4 is 5.73 Å². The van der Waals surface area contributed by atoms with E-state index < -0.39 is 6.04 Å². The van der Waals surface area contributed by atoms with Crippen molar-refractivity contribution in [2.24, 2.45) is 5.73 Å². The van der Waals surface area contributed by atoms with E-state index in [1.807, 2.05) is 19.1 Å². The molecule has 5 nitrogen and oxygen atoms in total. The van der Waals surface area contributed by atoms with Crippen LogP contribution >= 0.6 is 0 Å². The van der Waals surface area contributed by atoms with Gasteiger partial charge in [0.1, 0.15) is 6.04 Å². The largest absolute Gasteiger partial charge is 0.383 e. The third-order valence-corrected chi connectivity index (χ3v) is 2.48. The molecule has 0 saturated heterocycles. The van der Waals surface area contributed by atoms with Gasteiger partial charge in [-0.3, -0.25) is 9.78 Å². The minimum Gasteiger partial charge on any atom is -0.383 e. The molecule has 0 aliphatic heterocycles. The van der Waals surface area contributed by atoms with E-state index in [4.69, 9.17) is 10.5 Å². The number of nitrogens with two attached hydrogens (primary N) is 1. The van der Waals surface area contributed by atoms with E-state index in [0.29, 0.717) is 13.1 Å². The lowest BCUT2D eigenvalue weighted by atomic mass is 10.2. The second-order valence-electron chi connectivity index (χ2n) is 3.77. The van der Waals surface area contributed by atoms with Crippen molar-refractivity contribution >= 4 is 5.91 Å². The number of ether oxygens (including phenoxy) is 1. The zero-order chi connectivity index (χ0) is 12.7. The molecular formula is C12H19N3O2. The Labute approximate surface area is 102 Å². The summed E-state index contributed by atoms with van der Waals surface area (Å²) < 4.78 is 4.89. The van der Waals surface area contributed by atoms with Crippen LogP contribution in [0, 0.1) is 0 Å². The Morgan fingerprint density at radius 3 is 2.71 bits per heavy atom. The molecule has 1 unspecified atom stereocenters. The minimum atomic E-state index is -0.596. The molecule has 1 amide bonds. The lowest BCUT2D eigenvalue weighted by molar-refractivity contribution is -0.134. The molecule has 1 aromatic heterocycles. The van der Waals surface area contributed by atoms with Crippen molar-refractivity contribution in [2.45, 2.75) is 19.5 Å². The van der Waals surface area contributed by atoms with Gasteiger partial charge >= 0.3 is 0 Å². The van der Waals surface area contributed by atoms with Gasteiger partial charge in [-0.15, -0.1) is 0 Å². The standard InChI is InChI=1S/C12H19N3O2/c1-3-15(12(16)11(13)9-17-2)8-10-4-6-14-7-5-10/h4-7,11H,3,8-9,13H2,1-2H3. The van der Waals surface area contributed by atoms with Crippen LogP contribution in [0.2, 0.25) is 0 Å². The second-order valence-corrected chi connectivity index (χ2v) is 3.77. The van der Waals surface area contributed by atoms with Gasteiger partial charge in [0.25, 0.3) is 0 Å². The van der Waals surface area contributed by atoms with Crippen molar-refractivity contribution in [3.63, 3.8) is 0 Å². The average Bonchev–Trinajstić information content (AvgIpc) is 2.36. The Hall–Kier alpha value is -1.46. The number of aromatic nitrogens is 1. The maximum atomic E-state index is 12.0. The van der Waals surface area contributed by atoms with E-state index in [-0.39, 0.29) is 12.5 Å². The van der Waals surface area contributed by atoms with Crippen molar-refractivity contribution in [3.05, 3.63) is 30.1 Å². The first-order valence-electron chi connectivity index (χ1n) is 5.61. The third-order valence-electron chi connectivity index (χ3n) is 2.48.